The Balaban J connectivity index is 1.32. The summed E-state index contributed by atoms with van der Waals surface area (Å²) < 4.78 is 0. The molecule has 0 aromatic heterocycles. The number of aliphatic imine (C=N–C) groups is 2. The van der Waals surface area contributed by atoms with Gasteiger partial charge >= 0.3 is 0 Å². The molecule has 0 atom stereocenters. The van der Waals surface area contributed by atoms with Gasteiger partial charge in [-0.25, -0.2) is 9.98 Å². The molecule has 0 saturated heterocycles. The standard InChI is InChI=1S/C57H48N2/c1-38-36-49(51(41-23-7-3-8-24-41)42-25-9-4-10-26-42)55(50(37-38)52(43-27-11-5-12-28-43)44-29-13-6-14-30-44)59-57-48-35-19-32-45-31-18-34-47(53(45)48)56(57)58-54-39(2)20-17-33-46(54)40-21-15-16-22-40/h3-14,17-20,23-37,40,51-52H,15-16,21-22H2,1-2H3. The van der Waals surface area contributed by atoms with Crippen LogP contribution in [0.2, 0.25) is 0 Å². The molecule has 10 rings (SSSR count). The van der Waals surface area contributed by atoms with Gasteiger partial charge in [0.2, 0.25) is 0 Å². The van der Waals surface area contributed by atoms with Gasteiger partial charge in [0.1, 0.15) is 0 Å². The molecule has 1 saturated carbocycles. The molecule has 0 unspecified atom stereocenters. The summed E-state index contributed by atoms with van der Waals surface area (Å²) in [6.07, 6.45) is 4.99. The first-order valence-corrected chi connectivity index (χ1v) is 21.3. The summed E-state index contributed by atoms with van der Waals surface area (Å²) in [4.78, 5) is 11.9. The highest BCUT2D eigenvalue weighted by molar-refractivity contribution is 6.61. The van der Waals surface area contributed by atoms with Crippen molar-refractivity contribution in [2.75, 3.05) is 0 Å². The van der Waals surface area contributed by atoms with E-state index in [2.05, 4.69) is 202 Å². The molecular formula is C57H48N2. The molecule has 59 heavy (non-hydrogen) atoms. The fourth-order valence-electron chi connectivity index (χ4n) is 9.93. The van der Waals surface area contributed by atoms with Gasteiger partial charge in [0.05, 0.1) is 22.8 Å². The first-order chi connectivity index (χ1) is 29.1. The normalized spacial score (nSPS) is 15.3. The van der Waals surface area contributed by atoms with E-state index < -0.39 is 0 Å². The fraction of sp³-hybridized carbons (Fsp3) is 0.158. The highest BCUT2D eigenvalue weighted by Gasteiger charge is 2.32. The highest BCUT2D eigenvalue weighted by Crippen LogP contribution is 2.47. The zero-order valence-corrected chi connectivity index (χ0v) is 33.9. The topological polar surface area (TPSA) is 24.7 Å². The Morgan fingerprint density at radius 2 is 0.864 bits per heavy atom. The van der Waals surface area contributed by atoms with Gasteiger partial charge in [-0.05, 0) is 82.5 Å². The van der Waals surface area contributed by atoms with Crippen LogP contribution in [0.25, 0.3) is 10.8 Å². The Morgan fingerprint density at radius 1 is 0.441 bits per heavy atom. The molecule has 8 aromatic rings. The third-order valence-corrected chi connectivity index (χ3v) is 12.6. The Morgan fingerprint density at radius 3 is 1.32 bits per heavy atom. The molecule has 0 aliphatic heterocycles. The zero-order chi connectivity index (χ0) is 39.7. The number of hydrogen-bond donors (Lipinski definition) is 0. The molecule has 2 aliphatic rings. The molecule has 0 amide bonds. The molecule has 286 valence electrons. The van der Waals surface area contributed by atoms with Gasteiger partial charge in [0.15, 0.2) is 0 Å². The Kier molecular flexibility index (Phi) is 9.92. The van der Waals surface area contributed by atoms with Crippen LogP contribution in [-0.2, 0) is 0 Å². The smallest absolute Gasteiger partial charge is 0.0979 e. The number of benzene rings is 8. The van der Waals surface area contributed by atoms with Crippen LogP contribution >= 0.6 is 0 Å². The van der Waals surface area contributed by atoms with Crippen molar-refractivity contribution in [3.05, 3.63) is 249 Å². The average molecular weight is 761 g/mol. The molecule has 8 aromatic carbocycles. The van der Waals surface area contributed by atoms with Crippen molar-refractivity contribution < 1.29 is 0 Å². The van der Waals surface area contributed by atoms with E-state index in [0.717, 1.165) is 33.9 Å². The minimum Gasteiger partial charge on any atom is -0.246 e. The number of para-hydroxylation sites is 1. The van der Waals surface area contributed by atoms with E-state index in [1.807, 2.05) is 0 Å². The Hall–Kier alpha value is -6.64. The first-order valence-electron chi connectivity index (χ1n) is 21.3. The quantitative estimate of drug-likeness (QED) is 0.131. The van der Waals surface area contributed by atoms with Crippen LogP contribution in [0.3, 0.4) is 0 Å². The summed E-state index contributed by atoms with van der Waals surface area (Å²) >= 11 is 0. The molecule has 0 heterocycles. The highest BCUT2D eigenvalue weighted by atomic mass is 14.9. The van der Waals surface area contributed by atoms with Crippen LogP contribution in [0.1, 0.15) is 105 Å². The molecule has 2 heteroatoms. The molecular weight excluding hydrogens is 713 g/mol. The monoisotopic (exact) mass is 760 g/mol. The van der Waals surface area contributed by atoms with E-state index in [0.29, 0.717) is 5.92 Å². The van der Waals surface area contributed by atoms with E-state index in [1.54, 1.807) is 0 Å². The Bertz CT molecular complexity index is 2640. The van der Waals surface area contributed by atoms with Gasteiger partial charge in [-0.15, -0.1) is 0 Å². The van der Waals surface area contributed by atoms with Gasteiger partial charge < -0.3 is 0 Å². The van der Waals surface area contributed by atoms with Crippen LogP contribution < -0.4 is 0 Å². The number of aryl methyl sites for hydroxylation is 2. The van der Waals surface area contributed by atoms with E-state index in [4.69, 9.17) is 9.98 Å². The molecule has 2 nitrogen and oxygen atoms in total. The predicted octanol–water partition coefficient (Wildman–Crippen LogP) is 14.7. The second-order valence-corrected chi connectivity index (χ2v) is 16.4. The largest absolute Gasteiger partial charge is 0.246 e. The molecule has 0 N–H and O–H groups in total. The van der Waals surface area contributed by atoms with E-state index >= 15 is 0 Å². The van der Waals surface area contributed by atoms with Crippen molar-refractivity contribution in [2.45, 2.75) is 57.3 Å². The van der Waals surface area contributed by atoms with Crippen molar-refractivity contribution in [1.82, 2.24) is 0 Å². The van der Waals surface area contributed by atoms with Gasteiger partial charge in [0.25, 0.3) is 0 Å². The molecule has 1 fully saturated rings. The summed E-state index contributed by atoms with van der Waals surface area (Å²) in [6, 6.07) is 68.7. The third-order valence-electron chi connectivity index (χ3n) is 12.6. The predicted molar refractivity (Wildman–Crippen MR) is 248 cm³/mol. The summed E-state index contributed by atoms with van der Waals surface area (Å²) in [5.74, 6) is 0.403. The zero-order valence-electron chi connectivity index (χ0n) is 33.9. The summed E-state index contributed by atoms with van der Waals surface area (Å²) in [5.41, 5.74) is 17.4. The second kappa shape index (κ2) is 16.0. The van der Waals surface area contributed by atoms with Crippen LogP contribution in [0.4, 0.5) is 11.4 Å². The SMILES string of the molecule is Cc1cc(C(c2ccccc2)c2ccccc2)c(N=C2C(=Nc3c(C)cccc3C3CCCC3)c3cccc4cccc2c34)c(C(c2ccccc2)c2ccccc2)c1. The number of rotatable bonds is 9. The lowest BCUT2D eigenvalue weighted by Gasteiger charge is -2.27. The second-order valence-electron chi connectivity index (χ2n) is 16.4. The average Bonchev–Trinajstić information content (AvgIpc) is 3.92. The lowest BCUT2D eigenvalue weighted by molar-refractivity contribution is 0.723. The van der Waals surface area contributed by atoms with E-state index in [9.17, 15) is 0 Å². The van der Waals surface area contributed by atoms with Gasteiger partial charge in [-0.2, -0.15) is 0 Å². The maximum absolute atomic E-state index is 6.10. The molecule has 2 aliphatic carbocycles. The van der Waals surface area contributed by atoms with Crippen LogP contribution in [0.15, 0.2) is 198 Å². The van der Waals surface area contributed by atoms with Crippen LogP contribution in [-0.4, -0.2) is 11.4 Å². The minimum atomic E-state index is -0.0621. The van der Waals surface area contributed by atoms with Crippen LogP contribution in [0.5, 0.6) is 0 Å². The lowest BCUT2D eigenvalue weighted by atomic mass is 9.78. The molecule has 0 bridgehead atoms. The molecule has 0 spiro atoms. The van der Waals surface area contributed by atoms with Gasteiger partial charge in [0, 0.05) is 28.3 Å². The summed E-state index contributed by atoms with van der Waals surface area (Å²) in [6.45, 7) is 4.47. The van der Waals surface area contributed by atoms with Crippen molar-refractivity contribution in [3.63, 3.8) is 0 Å². The summed E-state index contributed by atoms with van der Waals surface area (Å²) in [7, 11) is 0. The van der Waals surface area contributed by atoms with Crippen molar-refractivity contribution in [3.8, 4) is 0 Å². The van der Waals surface area contributed by atoms with Crippen molar-refractivity contribution >= 4 is 33.6 Å². The van der Waals surface area contributed by atoms with E-state index in [-0.39, 0.29) is 11.8 Å². The van der Waals surface area contributed by atoms with Crippen molar-refractivity contribution in [2.24, 2.45) is 9.98 Å². The number of hydrogen-bond acceptors (Lipinski definition) is 2. The maximum atomic E-state index is 6.10. The minimum absolute atomic E-state index is 0.0621. The Labute approximate surface area is 348 Å². The fourth-order valence-corrected chi connectivity index (χ4v) is 9.93. The van der Waals surface area contributed by atoms with Crippen molar-refractivity contribution in [1.29, 1.82) is 0 Å². The lowest BCUT2D eigenvalue weighted by Crippen LogP contribution is -2.14. The number of nitrogens with zero attached hydrogens (tertiary/aromatic N) is 2. The van der Waals surface area contributed by atoms with Crippen LogP contribution in [0, 0.1) is 13.8 Å². The maximum Gasteiger partial charge on any atom is 0.0979 e. The van der Waals surface area contributed by atoms with E-state index in [1.165, 1.54) is 86.5 Å². The molecule has 0 radical (unpaired) electrons. The van der Waals surface area contributed by atoms with Gasteiger partial charge in [-0.3, -0.25) is 0 Å². The summed E-state index contributed by atoms with van der Waals surface area (Å²) in [5, 5.41) is 2.44. The third kappa shape index (κ3) is 6.93. The first kappa shape index (κ1) is 36.7. The van der Waals surface area contributed by atoms with Gasteiger partial charge in [-0.1, -0.05) is 206 Å².